The molecule has 1 aliphatic carbocycles. The summed E-state index contributed by atoms with van der Waals surface area (Å²) in [5.74, 6) is -2.52. The van der Waals surface area contributed by atoms with Crippen molar-refractivity contribution >= 4 is 23.5 Å². The van der Waals surface area contributed by atoms with Crippen LogP contribution in [0.2, 0.25) is 0 Å². The molecule has 0 aromatic heterocycles. The molecule has 0 unspecified atom stereocenters. The summed E-state index contributed by atoms with van der Waals surface area (Å²) in [6.45, 7) is 2.67. The largest absolute Gasteiger partial charge is 0.481 e. The zero-order valence-electron chi connectivity index (χ0n) is 14.6. The Morgan fingerprint density at radius 2 is 1.88 bits per heavy atom. The fraction of sp³-hybridized carbons (Fsp3) is 0.526. The lowest BCUT2D eigenvalue weighted by Crippen LogP contribution is -2.36. The van der Waals surface area contributed by atoms with Crippen molar-refractivity contribution in [2.75, 3.05) is 11.9 Å². The first-order valence-corrected chi connectivity index (χ1v) is 8.95. The second-order valence-electron chi connectivity index (χ2n) is 6.52. The highest BCUT2D eigenvalue weighted by Crippen LogP contribution is 2.31. The van der Waals surface area contributed by atoms with Crippen LogP contribution in [-0.4, -0.2) is 29.4 Å². The molecule has 0 heterocycles. The number of carboxylic acid groups (broad SMARTS) is 1. The van der Waals surface area contributed by atoms with Crippen molar-refractivity contribution in [1.82, 2.24) is 5.32 Å². The SMILES string of the molecule is CCCCNC(=O)c1cccc(NC(=O)[C@H]2CCCC[C@@H]2C(=O)O)c1. The molecule has 0 saturated heterocycles. The summed E-state index contributed by atoms with van der Waals surface area (Å²) in [7, 11) is 0. The highest BCUT2D eigenvalue weighted by Gasteiger charge is 2.35. The van der Waals surface area contributed by atoms with Gasteiger partial charge in [-0.15, -0.1) is 0 Å². The van der Waals surface area contributed by atoms with E-state index >= 15 is 0 Å². The van der Waals surface area contributed by atoms with Crippen molar-refractivity contribution < 1.29 is 19.5 Å². The predicted octanol–water partition coefficient (Wildman–Crippen LogP) is 3.05. The van der Waals surface area contributed by atoms with E-state index in [1.54, 1.807) is 24.3 Å². The molecular formula is C19H26N2O4. The molecule has 2 amide bonds. The third kappa shape index (κ3) is 5.31. The topological polar surface area (TPSA) is 95.5 Å². The van der Waals surface area contributed by atoms with Gasteiger partial charge in [0, 0.05) is 17.8 Å². The van der Waals surface area contributed by atoms with Crippen LogP contribution in [0, 0.1) is 11.8 Å². The average Bonchev–Trinajstić information content (AvgIpc) is 2.62. The predicted molar refractivity (Wildman–Crippen MR) is 95.4 cm³/mol. The standard InChI is InChI=1S/C19H26N2O4/c1-2-3-11-20-17(22)13-7-6-8-14(12-13)21-18(23)15-9-4-5-10-16(15)19(24)25/h6-8,12,15-16H,2-5,9-11H2,1H3,(H,20,22)(H,21,23)(H,24,25)/t15-,16-/m0/s1. The molecule has 1 aliphatic rings. The van der Waals surface area contributed by atoms with Gasteiger partial charge in [0.05, 0.1) is 11.8 Å². The van der Waals surface area contributed by atoms with Crippen molar-refractivity contribution in [2.24, 2.45) is 11.8 Å². The highest BCUT2D eigenvalue weighted by molar-refractivity contribution is 5.98. The summed E-state index contributed by atoms with van der Waals surface area (Å²) >= 11 is 0. The minimum Gasteiger partial charge on any atom is -0.481 e. The van der Waals surface area contributed by atoms with Crippen molar-refractivity contribution in [3.05, 3.63) is 29.8 Å². The van der Waals surface area contributed by atoms with Gasteiger partial charge in [0.1, 0.15) is 0 Å². The van der Waals surface area contributed by atoms with E-state index in [1.807, 2.05) is 0 Å². The molecule has 6 heteroatoms. The number of carboxylic acids is 1. The molecule has 1 aromatic carbocycles. The number of rotatable bonds is 7. The van der Waals surface area contributed by atoms with E-state index < -0.39 is 17.8 Å². The third-order valence-corrected chi connectivity index (χ3v) is 4.63. The summed E-state index contributed by atoms with van der Waals surface area (Å²) in [5.41, 5.74) is 0.996. The second kappa shape index (κ2) is 9.20. The molecule has 25 heavy (non-hydrogen) atoms. The Labute approximate surface area is 148 Å². The van der Waals surface area contributed by atoms with Crippen LogP contribution >= 0.6 is 0 Å². The van der Waals surface area contributed by atoms with Gasteiger partial charge in [-0.1, -0.05) is 32.3 Å². The number of carbonyl (C=O) groups excluding carboxylic acids is 2. The fourth-order valence-electron chi connectivity index (χ4n) is 3.19. The van der Waals surface area contributed by atoms with Crippen molar-refractivity contribution in [2.45, 2.75) is 45.4 Å². The van der Waals surface area contributed by atoms with E-state index in [0.29, 0.717) is 30.6 Å². The van der Waals surface area contributed by atoms with Gasteiger partial charge >= 0.3 is 5.97 Å². The van der Waals surface area contributed by atoms with Crippen molar-refractivity contribution in [3.63, 3.8) is 0 Å². The van der Waals surface area contributed by atoms with Gasteiger partial charge in [0.15, 0.2) is 0 Å². The number of benzene rings is 1. The molecule has 136 valence electrons. The van der Waals surface area contributed by atoms with Crippen LogP contribution in [0.15, 0.2) is 24.3 Å². The Hall–Kier alpha value is -2.37. The molecule has 0 radical (unpaired) electrons. The highest BCUT2D eigenvalue weighted by atomic mass is 16.4. The van der Waals surface area contributed by atoms with Crippen LogP contribution in [-0.2, 0) is 9.59 Å². The maximum Gasteiger partial charge on any atom is 0.307 e. The van der Waals surface area contributed by atoms with Crippen LogP contribution in [0.25, 0.3) is 0 Å². The summed E-state index contributed by atoms with van der Waals surface area (Å²) in [5, 5.41) is 14.9. The quantitative estimate of drug-likeness (QED) is 0.661. The zero-order valence-corrected chi connectivity index (χ0v) is 14.6. The fourth-order valence-corrected chi connectivity index (χ4v) is 3.19. The normalized spacial score (nSPS) is 19.9. The van der Waals surface area contributed by atoms with Gasteiger partial charge < -0.3 is 15.7 Å². The number of aliphatic carboxylic acids is 1. The molecule has 2 atom stereocenters. The van der Waals surface area contributed by atoms with Crippen LogP contribution in [0.1, 0.15) is 55.8 Å². The Balaban J connectivity index is 2.02. The lowest BCUT2D eigenvalue weighted by atomic mass is 9.78. The van der Waals surface area contributed by atoms with E-state index in [0.717, 1.165) is 25.7 Å². The number of carbonyl (C=O) groups is 3. The summed E-state index contributed by atoms with van der Waals surface area (Å²) in [6.07, 6.45) is 4.74. The summed E-state index contributed by atoms with van der Waals surface area (Å²) in [6, 6.07) is 6.73. The van der Waals surface area contributed by atoms with Crippen LogP contribution in [0.3, 0.4) is 0 Å². The molecule has 0 spiro atoms. The number of anilines is 1. The molecule has 1 saturated carbocycles. The third-order valence-electron chi connectivity index (χ3n) is 4.63. The monoisotopic (exact) mass is 346 g/mol. The van der Waals surface area contributed by atoms with Crippen LogP contribution < -0.4 is 10.6 Å². The average molecular weight is 346 g/mol. The number of amides is 2. The molecule has 1 fully saturated rings. The Bertz CT molecular complexity index is 630. The minimum absolute atomic E-state index is 0.175. The molecule has 0 aliphatic heterocycles. The molecule has 1 aromatic rings. The first-order valence-electron chi connectivity index (χ1n) is 8.95. The number of unbranched alkanes of at least 4 members (excludes halogenated alkanes) is 1. The number of hydrogen-bond donors (Lipinski definition) is 3. The van der Waals surface area contributed by atoms with Gasteiger partial charge in [-0.25, -0.2) is 0 Å². The maximum absolute atomic E-state index is 12.5. The molecule has 0 bridgehead atoms. The van der Waals surface area contributed by atoms with Crippen molar-refractivity contribution in [3.8, 4) is 0 Å². The number of nitrogens with one attached hydrogen (secondary N) is 2. The minimum atomic E-state index is -0.913. The van der Waals surface area contributed by atoms with E-state index in [2.05, 4.69) is 17.6 Å². The summed E-state index contributed by atoms with van der Waals surface area (Å²) < 4.78 is 0. The Morgan fingerprint density at radius 3 is 2.56 bits per heavy atom. The van der Waals surface area contributed by atoms with Crippen LogP contribution in [0.4, 0.5) is 5.69 Å². The zero-order chi connectivity index (χ0) is 18.2. The Morgan fingerprint density at radius 1 is 1.16 bits per heavy atom. The van der Waals surface area contributed by atoms with Gasteiger partial charge in [-0.3, -0.25) is 14.4 Å². The van der Waals surface area contributed by atoms with E-state index in [4.69, 9.17) is 0 Å². The van der Waals surface area contributed by atoms with E-state index in [-0.39, 0.29) is 11.8 Å². The van der Waals surface area contributed by atoms with Gasteiger partial charge in [-0.05, 0) is 37.5 Å². The summed E-state index contributed by atoms with van der Waals surface area (Å²) in [4.78, 5) is 36.0. The van der Waals surface area contributed by atoms with Crippen LogP contribution in [0.5, 0.6) is 0 Å². The second-order valence-corrected chi connectivity index (χ2v) is 6.52. The van der Waals surface area contributed by atoms with E-state index in [9.17, 15) is 19.5 Å². The smallest absolute Gasteiger partial charge is 0.307 e. The van der Waals surface area contributed by atoms with Gasteiger partial charge in [0.25, 0.3) is 5.91 Å². The lowest BCUT2D eigenvalue weighted by molar-refractivity contribution is -0.147. The Kier molecular flexibility index (Phi) is 6.98. The molecule has 2 rings (SSSR count). The first kappa shape index (κ1) is 19.0. The lowest BCUT2D eigenvalue weighted by Gasteiger charge is -2.27. The molecular weight excluding hydrogens is 320 g/mol. The molecule has 3 N–H and O–H groups in total. The van der Waals surface area contributed by atoms with Crippen molar-refractivity contribution in [1.29, 1.82) is 0 Å². The van der Waals surface area contributed by atoms with Gasteiger partial charge in [0.2, 0.25) is 5.91 Å². The van der Waals surface area contributed by atoms with Gasteiger partial charge in [-0.2, -0.15) is 0 Å². The maximum atomic E-state index is 12.5. The molecule has 6 nitrogen and oxygen atoms in total. The van der Waals surface area contributed by atoms with E-state index in [1.165, 1.54) is 0 Å². The first-order chi connectivity index (χ1) is 12.0. The number of hydrogen-bond acceptors (Lipinski definition) is 3.